The number of morpholine rings is 1. The summed E-state index contributed by atoms with van der Waals surface area (Å²) >= 11 is 1.70. The van der Waals surface area contributed by atoms with Gasteiger partial charge < -0.3 is 14.8 Å². The van der Waals surface area contributed by atoms with Crippen LogP contribution in [0.2, 0.25) is 0 Å². The molecule has 0 amide bonds. The van der Waals surface area contributed by atoms with E-state index in [1.165, 1.54) is 0 Å². The first kappa shape index (κ1) is 11.0. The highest BCUT2D eigenvalue weighted by Crippen LogP contribution is 2.30. The predicted octanol–water partition coefficient (Wildman–Crippen LogP) is 1.97. The van der Waals surface area contributed by atoms with Crippen LogP contribution in [0.4, 0.5) is 0 Å². The van der Waals surface area contributed by atoms with E-state index in [4.69, 9.17) is 9.47 Å². The minimum Gasteiger partial charge on any atom is -0.497 e. The Morgan fingerprint density at radius 3 is 3.24 bits per heavy atom. The van der Waals surface area contributed by atoms with Crippen LogP contribution in [0.3, 0.4) is 0 Å². The molecule has 17 heavy (non-hydrogen) atoms. The number of aromatic nitrogens is 1. The molecule has 1 aromatic carbocycles. The number of hydrogen-bond donors (Lipinski definition) is 1. The molecule has 1 atom stereocenters. The number of methoxy groups -OCH3 is 1. The maximum Gasteiger partial charge on any atom is 0.120 e. The summed E-state index contributed by atoms with van der Waals surface area (Å²) in [7, 11) is 1.68. The molecule has 4 nitrogen and oxygen atoms in total. The quantitative estimate of drug-likeness (QED) is 0.885. The van der Waals surface area contributed by atoms with Crippen molar-refractivity contribution in [3.8, 4) is 5.75 Å². The SMILES string of the molecule is COc1ccc2nc(C3COCCN3)sc2c1. The van der Waals surface area contributed by atoms with Crippen LogP contribution in [0.1, 0.15) is 11.0 Å². The predicted molar refractivity (Wildman–Crippen MR) is 67.7 cm³/mol. The molecule has 90 valence electrons. The van der Waals surface area contributed by atoms with Gasteiger partial charge in [0.05, 0.1) is 36.6 Å². The Morgan fingerprint density at radius 2 is 2.47 bits per heavy atom. The van der Waals surface area contributed by atoms with Crippen LogP contribution in [-0.4, -0.2) is 31.9 Å². The minimum absolute atomic E-state index is 0.229. The molecule has 3 rings (SSSR count). The summed E-state index contributed by atoms with van der Waals surface area (Å²) in [5.74, 6) is 0.876. The van der Waals surface area contributed by atoms with E-state index >= 15 is 0 Å². The lowest BCUT2D eigenvalue weighted by Crippen LogP contribution is -2.34. The van der Waals surface area contributed by atoms with Gasteiger partial charge in [-0.25, -0.2) is 4.98 Å². The van der Waals surface area contributed by atoms with Crippen molar-refractivity contribution in [3.63, 3.8) is 0 Å². The Morgan fingerprint density at radius 1 is 1.53 bits per heavy atom. The second kappa shape index (κ2) is 4.60. The standard InChI is InChI=1S/C12H14N2O2S/c1-15-8-2-3-9-11(6-8)17-12(14-9)10-7-16-5-4-13-10/h2-3,6,10,13H,4-5,7H2,1H3. The molecule has 1 aromatic heterocycles. The summed E-state index contributed by atoms with van der Waals surface area (Å²) in [6, 6.07) is 6.20. The summed E-state index contributed by atoms with van der Waals surface area (Å²) in [6.45, 7) is 2.39. The van der Waals surface area contributed by atoms with Gasteiger partial charge in [0.15, 0.2) is 0 Å². The molecule has 1 fully saturated rings. The molecular formula is C12H14N2O2S. The van der Waals surface area contributed by atoms with Gasteiger partial charge in [-0.3, -0.25) is 0 Å². The molecule has 1 saturated heterocycles. The summed E-state index contributed by atoms with van der Waals surface area (Å²) in [5.41, 5.74) is 1.03. The van der Waals surface area contributed by atoms with E-state index in [0.717, 1.165) is 34.1 Å². The van der Waals surface area contributed by atoms with E-state index < -0.39 is 0 Å². The first-order chi connectivity index (χ1) is 8.36. The van der Waals surface area contributed by atoms with Crippen LogP contribution in [-0.2, 0) is 4.74 Å². The summed E-state index contributed by atoms with van der Waals surface area (Å²) in [6.07, 6.45) is 0. The van der Waals surface area contributed by atoms with Crippen LogP contribution in [0, 0.1) is 0 Å². The van der Waals surface area contributed by atoms with Crippen LogP contribution >= 0.6 is 11.3 Å². The van der Waals surface area contributed by atoms with Gasteiger partial charge in [0.1, 0.15) is 10.8 Å². The summed E-state index contributed by atoms with van der Waals surface area (Å²) < 4.78 is 11.8. The van der Waals surface area contributed by atoms with Gasteiger partial charge in [-0.05, 0) is 18.2 Å². The van der Waals surface area contributed by atoms with Crippen LogP contribution in [0.25, 0.3) is 10.2 Å². The van der Waals surface area contributed by atoms with E-state index in [2.05, 4.69) is 10.3 Å². The average molecular weight is 250 g/mol. The number of rotatable bonds is 2. The Labute approximate surface area is 104 Å². The Bertz CT molecular complexity index is 520. The topological polar surface area (TPSA) is 43.4 Å². The zero-order chi connectivity index (χ0) is 11.7. The van der Waals surface area contributed by atoms with Crippen molar-refractivity contribution in [1.82, 2.24) is 10.3 Å². The number of thiazole rings is 1. The van der Waals surface area contributed by atoms with E-state index in [0.29, 0.717) is 6.61 Å². The summed E-state index contributed by atoms with van der Waals surface area (Å²) in [4.78, 5) is 4.63. The molecule has 0 radical (unpaired) electrons. The second-order valence-electron chi connectivity index (χ2n) is 3.97. The molecule has 2 aromatic rings. The number of ether oxygens (including phenoxy) is 2. The molecule has 5 heteroatoms. The van der Waals surface area contributed by atoms with Gasteiger partial charge in [-0.15, -0.1) is 11.3 Å². The molecule has 1 N–H and O–H groups in total. The van der Waals surface area contributed by atoms with E-state index in [-0.39, 0.29) is 6.04 Å². The first-order valence-corrected chi connectivity index (χ1v) is 6.44. The third kappa shape index (κ3) is 2.13. The molecule has 1 aliphatic heterocycles. The van der Waals surface area contributed by atoms with Crippen LogP contribution in [0.5, 0.6) is 5.75 Å². The van der Waals surface area contributed by atoms with E-state index in [9.17, 15) is 0 Å². The fourth-order valence-corrected chi connectivity index (χ4v) is 2.98. The van der Waals surface area contributed by atoms with Crippen molar-refractivity contribution in [2.24, 2.45) is 0 Å². The number of hydrogen-bond acceptors (Lipinski definition) is 5. The fraction of sp³-hybridized carbons (Fsp3) is 0.417. The van der Waals surface area contributed by atoms with Gasteiger partial charge in [-0.1, -0.05) is 0 Å². The Hall–Kier alpha value is -1.17. The number of nitrogens with one attached hydrogen (secondary N) is 1. The highest BCUT2D eigenvalue weighted by molar-refractivity contribution is 7.18. The molecule has 0 spiro atoms. The van der Waals surface area contributed by atoms with Crippen molar-refractivity contribution in [3.05, 3.63) is 23.2 Å². The maximum atomic E-state index is 5.46. The normalized spacial score (nSPS) is 20.6. The third-order valence-corrected chi connectivity index (χ3v) is 3.96. The number of nitrogens with zero attached hydrogens (tertiary/aromatic N) is 1. The second-order valence-corrected chi connectivity index (χ2v) is 5.03. The van der Waals surface area contributed by atoms with Gasteiger partial charge in [-0.2, -0.15) is 0 Å². The third-order valence-electron chi connectivity index (χ3n) is 2.83. The smallest absolute Gasteiger partial charge is 0.120 e. The maximum absolute atomic E-state index is 5.46. The number of fused-ring (bicyclic) bond motifs is 1. The minimum atomic E-state index is 0.229. The highest BCUT2D eigenvalue weighted by Gasteiger charge is 2.19. The Kier molecular flexibility index (Phi) is 2.96. The molecule has 1 aliphatic rings. The van der Waals surface area contributed by atoms with Gasteiger partial charge in [0.2, 0.25) is 0 Å². The molecule has 0 aliphatic carbocycles. The highest BCUT2D eigenvalue weighted by atomic mass is 32.1. The zero-order valence-electron chi connectivity index (χ0n) is 9.60. The van der Waals surface area contributed by atoms with Gasteiger partial charge in [0.25, 0.3) is 0 Å². The molecule has 1 unspecified atom stereocenters. The summed E-state index contributed by atoms with van der Waals surface area (Å²) in [5, 5.41) is 4.51. The van der Waals surface area contributed by atoms with Crippen molar-refractivity contribution in [1.29, 1.82) is 0 Å². The zero-order valence-corrected chi connectivity index (χ0v) is 10.4. The van der Waals surface area contributed by atoms with Crippen molar-refractivity contribution in [2.45, 2.75) is 6.04 Å². The first-order valence-electron chi connectivity index (χ1n) is 5.62. The average Bonchev–Trinajstić information content (AvgIpc) is 2.82. The molecule has 2 heterocycles. The van der Waals surface area contributed by atoms with Crippen molar-refractivity contribution < 1.29 is 9.47 Å². The fourth-order valence-electron chi connectivity index (χ4n) is 1.92. The molecule has 0 saturated carbocycles. The van der Waals surface area contributed by atoms with E-state index in [1.54, 1.807) is 18.4 Å². The lowest BCUT2D eigenvalue weighted by molar-refractivity contribution is 0.0768. The molecule has 0 bridgehead atoms. The lowest BCUT2D eigenvalue weighted by atomic mass is 10.3. The van der Waals surface area contributed by atoms with Crippen LogP contribution < -0.4 is 10.1 Å². The van der Waals surface area contributed by atoms with Crippen molar-refractivity contribution >= 4 is 21.6 Å². The van der Waals surface area contributed by atoms with Gasteiger partial charge in [0, 0.05) is 6.54 Å². The largest absolute Gasteiger partial charge is 0.497 e. The monoisotopic (exact) mass is 250 g/mol. The molecular weight excluding hydrogens is 236 g/mol. The van der Waals surface area contributed by atoms with Crippen molar-refractivity contribution in [2.75, 3.05) is 26.9 Å². The lowest BCUT2D eigenvalue weighted by Gasteiger charge is -2.21. The van der Waals surface area contributed by atoms with E-state index in [1.807, 2.05) is 18.2 Å². The van der Waals surface area contributed by atoms with Crippen LogP contribution in [0.15, 0.2) is 18.2 Å². The van der Waals surface area contributed by atoms with Gasteiger partial charge >= 0.3 is 0 Å². The Balaban J connectivity index is 1.95. The number of benzene rings is 1.